The van der Waals surface area contributed by atoms with Crippen molar-refractivity contribution < 1.29 is 18.4 Å². The summed E-state index contributed by atoms with van der Waals surface area (Å²) in [5.74, 6) is 0. The molecule has 0 aromatic heterocycles. The van der Waals surface area contributed by atoms with E-state index in [1.54, 1.807) is 12.1 Å². The van der Waals surface area contributed by atoms with Crippen LogP contribution < -0.4 is 10.5 Å². The number of sulfonamides is 1. The molecule has 24 heavy (non-hydrogen) atoms. The van der Waals surface area contributed by atoms with Crippen LogP contribution in [0, 0.1) is 10.1 Å². The zero-order valence-corrected chi connectivity index (χ0v) is 13.5. The molecule has 0 saturated carbocycles. The lowest BCUT2D eigenvalue weighted by Crippen LogP contribution is -2.13. The average Bonchev–Trinajstić information content (AvgIpc) is 2.54. The van der Waals surface area contributed by atoms with Crippen LogP contribution in [0.1, 0.15) is 11.1 Å². The molecule has 2 aromatic rings. The van der Waals surface area contributed by atoms with Crippen molar-refractivity contribution in [2.24, 2.45) is 5.14 Å². The number of nitrogens with zero attached hydrogens (tertiary/aromatic N) is 1. The van der Waals surface area contributed by atoms with Gasteiger partial charge in [0.25, 0.3) is 5.69 Å². The van der Waals surface area contributed by atoms with Gasteiger partial charge in [-0.2, -0.15) is 0 Å². The van der Waals surface area contributed by atoms with Gasteiger partial charge in [0.15, 0.2) is 0 Å². The molecule has 0 spiro atoms. The van der Waals surface area contributed by atoms with Gasteiger partial charge in [-0.25, -0.2) is 13.6 Å². The number of aliphatic hydroxyl groups excluding tert-OH is 1. The Morgan fingerprint density at radius 3 is 2.29 bits per heavy atom. The van der Waals surface area contributed by atoms with Crippen LogP contribution in [0.4, 0.5) is 11.4 Å². The van der Waals surface area contributed by atoms with Crippen LogP contribution >= 0.6 is 0 Å². The van der Waals surface area contributed by atoms with E-state index >= 15 is 0 Å². The first-order valence-corrected chi connectivity index (χ1v) is 8.59. The standard InChI is InChI=1S/C15H17N3O5S/c16-24(22,23)13-5-6-14(15(9-13)18(20)21)17-8-7-11-1-3-12(10-19)4-2-11/h1-6,9,17,19H,7-8,10H2,(H2,16,22,23). The van der Waals surface area contributed by atoms with Gasteiger partial charge in [-0.3, -0.25) is 10.1 Å². The Hall–Kier alpha value is -2.49. The molecule has 0 heterocycles. The summed E-state index contributed by atoms with van der Waals surface area (Å²) < 4.78 is 22.6. The highest BCUT2D eigenvalue weighted by atomic mass is 32.2. The number of nitro benzene ring substituents is 1. The molecular formula is C15H17N3O5S. The Morgan fingerprint density at radius 2 is 1.75 bits per heavy atom. The second kappa shape index (κ2) is 7.39. The second-order valence-corrected chi connectivity index (χ2v) is 6.69. The molecule has 0 aliphatic rings. The van der Waals surface area contributed by atoms with Crippen LogP contribution in [0.5, 0.6) is 0 Å². The first kappa shape index (κ1) is 17.9. The minimum Gasteiger partial charge on any atom is -0.392 e. The van der Waals surface area contributed by atoms with Crippen molar-refractivity contribution in [3.05, 3.63) is 63.7 Å². The number of nitro groups is 1. The fraction of sp³-hybridized carbons (Fsp3) is 0.200. The number of hydrogen-bond donors (Lipinski definition) is 3. The largest absolute Gasteiger partial charge is 0.392 e. The van der Waals surface area contributed by atoms with E-state index in [4.69, 9.17) is 10.2 Å². The molecule has 0 fully saturated rings. The summed E-state index contributed by atoms with van der Waals surface area (Å²) in [6.45, 7) is 0.398. The van der Waals surface area contributed by atoms with Crippen LogP contribution in [-0.2, 0) is 23.1 Å². The summed E-state index contributed by atoms with van der Waals surface area (Å²) in [7, 11) is -4.00. The molecule has 128 valence electrons. The Balaban J connectivity index is 2.10. The van der Waals surface area contributed by atoms with Gasteiger partial charge in [-0.1, -0.05) is 24.3 Å². The SMILES string of the molecule is NS(=O)(=O)c1ccc(NCCc2ccc(CO)cc2)c([N+](=O)[O-])c1. The van der Waals surface area contributed by atoms with Crippen molar-refractivity contribution in [2.75, 3.05) is 11.9 Å². The Labute approximate surface area is 139 Å². The van der Waals surface area contributed by atoms with Gasteiger partial charge in [-0.15, -0.1) is 0 Å². The molecule has 0 aliphatic heterocycles. The molecule has 0 amide bonds. The summed E-state index contributed by atoms with van der Waals surface area (Å²) in [4.78, 5) is 10.1. The molecule has 0 aliphatic carbocycles. The summed E-state index contributed by atoms with van der Waals surface area (Å²) in [6, 6.07) is 10.8. The predicted molar refractivity (Wildman–Crippen MR) is 89.0 cm³/mol. The van der Waals surface area contributed by atoms with Crippen molar-refractivity contribution in [2.45, 2.75) is 17.9 Å². The minimum atomic E-state index is -4.00. The zero-order valence-electron chi connectivity index (χ0n) is 12.7. The third-order valence-electron chi connectivity index (χ3n) is 3.43. The molecule has 2 rings (SSSR count). The normalized spacial score (nSPS) is 11.2. The maximum Gasteiger partial charge on any atom is 0.293 e. The van der Waals surface area contributed by atoms with Crippen LogP contribution in [0.2, 0.25) is 0 Å². The first-order valence-electron chi connectivity index (χ1n) is 7.05. The summed E-state index contributed by atoms with van der Waals surface area (Å²) >= 11 is 0. The highest BCUT2D eigenvalue weighted by Crippen LogP contribution is 2.27. The number of hydrogen-bond acceptors (Lipinski definition) is 6. The summed E-state index contributed by atoms with van der Waals surface area (Å²) in [6.07, 6.45) is 0.611. The molecule has 0 saturated heterocycles. The number of rotatable bonds is 7. The van der Waals surface area contributed by atoms with Crippen LogP contribution in [-0.4, -0.2) is 25.0 Å². The number of anilines is 1. The molecule has 9 heteroatoms. The third kappa shape index (κ3) is 4.51. The number of primary sulfonamides is 1. The van der Waals surface area contributed by atoms with Crippen molar-refractivity contribution in [1.82, 2.24) is 0 Å². The average molecular weight is 351 g/mol. The Bertz CT molecular complexity index is 835. The van der Waals surface area contributed by atoms with Gasteiger partial charge in [0.05, 0.1) is 16.4 Å². The molecular weight excluding hydrogens is 334 g/mol. The zero-order chi connectivity index (χ0) is 17.7. The minimum absolute atomic E-state index is 0.0267. The number of aliphatic hydroxyl groups is 1. The highest BCUT2D eigenvalue weighted by Gasteiger charge is 2.18. The topological polar surface area (TPSA) is 136 Å². The van der Waals surface area contributed by atoms with Crippen LogP contribution in [0.15, 0.2) is 47.4 Å². The van der Waals surface area contributed by atoms with Gasteiger partial charge in [0.1, 0.15) is 5.69 Å². The molecule has 8 nitrogen and oxygen atoms in total. The van der Waals surface area contributed by atoms with E-state index in [2.05, 4.69) is 5.32 Å². The second-order valence-electron chi connectivity index (χ2n) is 5.13. The molecule has 0 unspecified atom stereocenters. The van der Waals surface area contributed by atoms with Crippen molar-refractivity contribution >= 4 is 21.4 Å². The lowest BCUT2D eigenvalue weighted by molar-refractivity contribution is -0.384. The Morgan fingerprint density at radius 1 is 1.12 bits per heavy atom. The highest BCUT2D eigenvalue weighted by molar-refractivity contribution is 7.89. The molecule has 0 bridgehead atoms. The predicted octanol–water partition coefficient (Wildman–Crippen LogP) is 1.39. The molecule has 0 radical (unpaired) electrons. The maximum absolute atomic E-state index is 11.3. The fourth-order valence-electron chi connectivity index (χ4n) is 2.14. The van der Waals surface area contributed by atoms with E-state index in [0.29, 0.717) is 13.0 Å². The quantitative estimate of drug-likeness (QED) is 0.509. The van der Waals surface area contributed by atoms with Crippen molar-refractivity contribution in [1.29, 1.82) is 0 Å². The van der Waals surface area contributed by atoms with Gasteiger partial charge in [0.2, 0.25) is 10.0 Å². The van der Waals surface area contributed by atoms with Gasteiger partial charge < -0.3 is 10.4 Å². The van der Waals surface area contributed by atoms with Gasteiger partial charge in [-0.05, 0) is 29.7 Å². The Kier molecular flexibility index (Phi) is 5.50. The van der Waals surface area contributed by atoms with E-state index in [1.165, 1.54) is 12.1 Å². The summed E-state index contributed by atoms with van der Waals surface area (Å²) in [5, 5.41) is 28.0. The van der Waals surface area contributed by atoms with Crippen molar-refractivity contribution in [3.8, 4) is 0 Å². The third-order valence-corrected chi connectivity index (χ3v) is 4.34. The van der Waals surface area contributed by atoms with E-state index in [-0.39, 0.29) is 22.9 Å². The van der Waals surface area contributed by atoms with E-state index in [1.807, 2.05) is 12.1 Å². The van der Waals surface area contributed by atoms with E-state index in [9.17, 15) is 18.5 Å². The van der Waals surface area contributed by atoms with E-state index < -0.39 is 14.9 Å². The van der Waals surface area contributed by atoms with Gasteiger partial charge >= 0.3 is 0 Å². The molecule has 0 atom stereocenters. The summed E-state index contributed by atoms with van der Waals surface area (Å²) in [5.41, 5.74) is 1.68. The number of nitrogens with two attached hydrogens (primary N) is 1. The van der Waals surface area contributed by atoms with Crippen LogP contribution in [0.25, 0.3) is 0 Å². The fourth-order valence-corrected chi connectivity index (χ4v) is 2.68. The smallest absolute Gasteiger partial charge is 0.293 e. The molecule has 2 aromatic carbocycles. The maximum atomic E-state index is 11.3. The lowest BCUT2D eigenvalue weighted by Gasteiger charge is -2.08. The number of nitrogens with one attached hydrogen (secondary N) is 1. The van der Waals surface area contributed by atoms with Crippen molar-refractivity contribution in [3.63, 3.8) is 0 Å². The lowest BCUT2D eigenvalue weighted by atomic mass is 10.1. The molecule has 4 N–H and O–H groups in total. The van der Waals surface area contributed by atoms with Crippen LogP contribution in [0.3, 0.4) is 0 Å². The first-order chi connectivity index (χ1) is 11.3. The monoisotopic (exact) mass is 351 g/mol. The van der Waals surface area contributed by atoms with E-state index in [0.717, 1.165) is 17.2 Å². The van der Waals surface area contributed by atoms with Gasteiger partial charge in [0, 0.05) is 12.6 Å². The number of benzene rings is 2.